The molecule has 0 saturated heterocycles. The summed E-state index contributed by atoms with van der Waals surface area (Å²) in [5.74, 6) is 0.697. The summed E-state index contributed by atoms with van der Waals surface area (Å²) in [6.45, 7) is 2.39. The van der Waals surface area contributed by atoms with Crippen LogP contribution in [0.3, 0.4) is 0 Å². The fourth-order valence-electron chi connectivity index (χ4n) is 2.17. The number of benzene rings is 1. The Bertz CT molecular complexity index is 522. The van der Waals surface area contributed by atoms with E-state index in [0.717, 1.165) is 12.0 Å². The molecule has 1 fully saturated rings. The summed E-state index contributed by atoms with van der Waals surface area (Å²) in [6, 6.07) is 5.01. The number of anilines is 1. The van der Waals surface area contributed by atoms with Gasteiger partial charge in [0.05, 0.1) is 5.69 Å². The molecule has 0 radical (unpaired) electrons. The minimum atomic E-state index is -3.46. The summed E-state index contributed by atoms with van der Waals surface area (Å²) in [5.41, 5.74) is 7.03. The molecule has 4 nitrogen and oxygen atoms in total. The van der Waals surface area contributed by atoms with Gasteiger partial charge in [0.15, 0.2) is 0 Å². The van der Waals surface area contributed by atoms with E-state index in [4.69, 9.17) is 5.73 Å². The van der Waals surface area contributed by atoms with Crippen LogP contribution in [0.2, 0.25) is 0 Å². The second kappa shape index (κ2) is 5.28. The monoisotopic (exact) mass is 268 g/mol. The molecule has 0 aliphatic heterocycles. The van der Waals surface area contributed by atoms with Crippen molar-refractivity contribution in [2.45, 2.75) is 37.5 Å². The van der Waals surface area contributed by atoms with E-state index < -0.39 is 10.0 Å². The molecule has 18 heavy (non-hydrogen) atoms. The molecule has 0 atom stereocenters. The van der Waals surface area contributed by atoms with Crippen LogP contribution in [0.1, 0.15) is 31.2 Å². The van der Waals surface area contributed by atoms with Crippen LogP contribution in [0.15, 0.2) is 23.1 Å². The van der Waals surface area contributed by atoms with E-state index in [1.165, 1.54) is 19.3 Å². The highest BCUT2D eigenvalue weighted by Gasteiger charge is 2.20. The zero-order chi connectivity index (χ0) is 13.2. The number of nitrogens with one attached hydrogen (secondary N) is 1. The molecule has 2 rings (SSSR count). The third-order valence-corrected chi connectivity index (χ3v) is 5.06. The van der Waals surface area contributed by atoms with Gasteiger partial charge in [-0.05, 0) is 37.0 Å². The molecule has 1 aromatic rings. The van der Waals surface area contributed by atoms with Gasteiger partial charge < -0.3 is 5.73 Å². The molecule has 1 aliphatic rings. The number of hydrogen-bond acceptors (Lipinski definition) is 3. The van der Waals surface area contributed by atoms with Gasteiger partial charge in [-0.15, -0.1) is 0 Å². The van der Waals surface area contributed by atoms with Gasteiger partial charge in [0.2, 0.25) is 10.0 Å². The number of hydrogen-bond donors (Lipinski definition) is 2. The Morgan fingerprint density at radius 2 is 2.11 bits per heavy atom. The molecular weight excluding hydrogens is 248 g/mol. The van der Waals surface area contributed by atoms with E-state index in [0.29, 0.717) is 18.2 Å². The Morgan fingerprint density at radius 1 is 1.39 bits per heavy atom. The van der Waals surface area contributed by atoms with Crippen LogP contribution < -0.4 is 10.5 Å². The highest BCUT2D eigenvalue weighted by molar-refractivity contribution is 7.89. The Kier molecular flexibility index (Phi) is 3.92. The fraction of sp³-hybridized carbons (Fsp3) is 0.538. The Labute approximate surface area is 109 Å². The van der Waals surface area contributed by atoms with Crippen LogP contribution in [0, 0.1) is 12.8 Å². The number of nitrogen functional groups attached to an aromatic ring is 1. The lowest BCUT2D eigenvalue weighted by Gasteiger charge is -2.25. The lowest BCUT2D eigenvalue weighted by atomic mass is 9.83. The molecule has 0 amide bonds. The van der Waals surface area contributed by atoms with E-state index in [-0.39, 0.29) is 4.90 Å². The zero-order valence-corrected chi connectivity index (χ0v) is 11.5. The van der Waals surface area contributed by atoms with Gasteiger partial charge in [-0.25, -0.2) is 13.1 Å². The molecule has 0 bridgehead atoms. The first-order chi connectivity index (χ1) is 8.49. The summed E-state index contributed by atoms with van der Waals surface area (Å²) in [6.07, 6.45) is 4.66. The fourth-order valence-corrected chi connectivity index (χ4v) is 3.33. The molecule has 0 aromatic heterocycles. The van der Waals surface area contributed by atoms with Gasteiger partial charge in [0.1, 0.15) is 4.90 Å². The molecule has 0 spiro atoms. The molecule has 0 unspecified atom stereocenters. The van der Waals surface area contributed by atoms with Crippen molar-refractivity contribution in [1.29, 1.82) is 0 Å². The van der Waals surface area contributed by atoms with Crippen molar-refractivity contribution in [3.8, 4) is 0 Å². The number of nitrogens with two attached hydrogens (primary N) is 1. The van der Waals surface area contributed by atoms with Crippen LogP contribution >= 0.6 is 0 Å². The maximum Gasteiger partial charge on any atom is 0.242 e. The third-order valence-electron chi connectivity index (χ3n) is 3.52. The van der Waals surface area contributed by atoms with Gasteiger partial charge in [-0.2, -0.15) is 0 Å². The Hall–Kier alpha value is -1.07. The second-order valence-corrected chi connectivity index (χ2v) is 6.76. The normalized spacial score (nSPS) is 16.5. The quantitative estimate of drug-likeness (QED) is 0.803. The van der Waals surface area contributed by atoms with Crippen LogP contribution in [-0.4, -0.2) is 15.0 Å². The van der Waals surface area contributed by atoms with Crippen molar-refractivity contribution < 1.29 is 8.42 Å². The average molecular weight is 268 g/mol. The summed E-state index contributed by atoms with van der Waals surface area (Å²) >= 11 is 0. The van der Waals surface area contributed by atoms with E-state index in [9.17, 15) is 8.42 Å². The standard InChI is InChI=1S/C13H20N2O2S/c1-10-5-6-13(12(14)9-10)18(16,17)15-8-7-11-3-2-4-11/h5-6,9,11,15H,2-4,7-8,14H2,1H3. The molecule has 1 aliphatic carbocycles. The topological polar surface area (TPSA) is 72.2 Å². The minimum absolute atomic E-state index is 0.182. The molecule has 100 valence electrons. The van der Waals surface area contributed by atoms with Crippen LogP contribution in [0.25, 0.3) is 0 Å². The zero-order valence-electron chi connectivity index (χ0n) is 10.6. The van der Waals surface area contributed by atoms with E-state index in [1.54, 1.807) is 18.2 Å². The molecule has 1 saturated carbocycles. The van der Waals surface area contributed by atoms with Crippen molar-refractivity contribution in [1.82, 2.24) is 4.72 Å². The Morgan fingerprint density at radius 3 is 2.67 bits per heavy atom. The SMILES string of the molecule is Cc1ccc(S(=O)(=O)NCCC2CCC2)c(N)c1. The highest BCUT2D eigenvalue weighted by atomic mass is 32.2. The molecular formula is C13H20N2O2S. The first kappa shape index (κ1) is 13.4. The number of rotatable bonds is 5. The van der Waals surface area contributed by atoms with Gasteiger partial charge in [-0.1, -0.05) is 25.3 Å². The van der Waals surface area contributed by atoms with Crippen LogP contribution in [0.5, 0.6) is 0 Å². The smallest absolute Gasteiger partial charge is 0.242 e. The van der Waals surface area contributed by atoms with Crippen molar-refractivity contribution in [2.24, 2.45) is 5.92 Å². The number of aryl methyl sites for hydroxylation is 1. The first-order valence-corrected chi connectivity index (χ1v) is 7.83. The predicted molar refractivity (Wildman–Crippen MR) is 72.7 cm³/mol. The van der Waals surface area contributed by atoms with Crippen molar-refractivity contribution >= 4 is 15.7 Å². The van der Waals surface area contributed by atoms with E-state index in [2.05, 4.69) is 4.72 Å². The summed E-state index contributed by atoms with van der Waals surface area (Å²) in [7, 11) is -3.46. The first-order valence-electron chi connectivity index (χ1n) is 6.35. The van der Waals surface area contributed by atoms with Crippen molar-refractivity contribution in [3.05, 3.63) is 23.8 Å². The third kappa shape index (κ3) is 3.03. The van der Waals surface area contributed by atoms with Crippen molar-refractivity contribution in [3.63, 3.8) is 0 Å². The highest BCUT2D eigenvalue weighted by Crippen LogP contribution is 2.29. The summed E-state index contributed by atoms with van der Waals surface area (Å²) in [5, 5.41) is 0. The molecule has 0 heterocycles. The van der Waals surface area contributed by atoms with Gasteiger partial charge >= 0.3 is 0 Å². The summed E-state index contributed by atoms with van der Waals surface area (Å²) in [4.78, 5) is 0.182. The van der Waals surface area contributed by atoms with Gasteiger partial charge in [0, 0.05) is 6.54 Å². The Balaban J connectivity index is 2.00. The maximum atomic E-state index is 12.1. The average Bonchev–Trinajstić information content (AvgIpc) is 2.21. The second-order valence-electron chi connectivity index (χ2n) is 5.02. The van der Waals surface area contributed by atoms with Crippen LogP contribution in [0.4, 0.5) is 5.69 Å². The minimum Gasteiger partial charge on any atom is -0.398 e. The van der Waals surface area contributed by atoms with E-state index in [1.807, 2.05) is 6.92 Å². The summed E-state index contributed by atoms with van der Waals surface area (Å²) < 4.78 is 26.7. The van der Waals surface area contributed by atoms with Gasteiger partial charge in [0.25, 0.3) is 0 Å². The molecule has 3 N–H and O–H groups in total. The predicted octanol–water partition coefficient (Wildman–Crippen LogP) is 2.05. The van der Waals surface area contributed by atoms with E-state index >= 15 is 0 Å². The molecule has 5 heteroatoms. The van der Waals surface area contributed by atoms with Gasteiger partial charge in [-0.3, -0.25) is 0 Å². The molecule has 1 aromatic carbocycles. The lowest BCUT2D eigenvalue weighted by molar-refractivity contribution is 0.297. The maximum absolute atomic E-state index is 12.1. The largest absolute Gasteiger partial charge is 0.398 e. The number of sulfonamides is 1. The van der Waals surface area contributed by atoms with Crippen LogP contribution in [-0.2, 0) is 10.0 Å². The lowest BCUT2D eigenvalue weighted by Crippen LogP contribution is -2.28. The van der Waals surface area contributed by atoms with Crippen molar-refractivity contribution in [2.75, 3.05) is 12.3 Å².